The van der Waals surface area contributed by atoms with Crippen LogP contribution in [-0.2, 0) is 0 Å². The standard InChI is InChI=1S/C24H29N5O/c30-24(21-13-20(26-27-21)17-5-3-8-25-14-17)29-10-4-6-16-11-18-12-19(23(16)29)15-28-9-2-1-7-22(18)28/h3,5,8,11,13-14,18-19,22-23H,1-2,4,6-7,9-10,12,15H2,(H,26,27)/t18-,19-,22?,23?/m0/s1. The molecule has 1 N–H and O–H groups in total. The Hall–Kier alpha value is -2.47. The second-order valence-corrected chi connectivity index (χ2v) is 9.41. The Morgan fingerprint density at radius 2 is 2.17 bits per heavy atom. The van der Waals surface area contributed by atoms with Crippen molar-refractivity contribution in [1.29, 1.82) is 0 Å². The van der Waals surface area contributed by atoms with E-state index >= 15 is 0 Å². The van der Waals surface area contributed by atoms with Gasteiger partial charge in [0.25, 0.3) is 5.91 Å². The van der Waals surface area contributed by atoms with Gasteiger partial charge in [0.15, 0.2) is 0 Å². The van der Waals surface area contributed by atoms with Gasteiger partial charge in [0.1, 0.15) is 5.69 Å². The SMILES string of the molecule is O=C(c1cc(-c2cccnc2)n[nH]1)N1CCCC2=C[C@H]3C[C@@H](CN4CCCCC34)C21. The van der Waals surface area contributed by atoms with E-state index in [0.29, 0.717) is 17.5 Å². The average molecular weight is 404 g/mol. The predicted octanol–water partition coefficient (Wildman–Crippen LogP) is 3.51. The topological polar surface area (TPSA) is 65.1 Å². The Morgan fingerprint density at radius 1 is 1.20 bits per heavy atom. The smallest absolute Gasteiger partial charge is 0.272 e. The summed E-state index contributed by atoms with van der Waals surface area (Å²) in [4.78, 5) is 22.6. The summed E-state index contributed by atoms with van der Waals surface area (Å²) in [5, 5.41) is 7.39. The first-order chi connectivity index (χ1) is 14.8. The van der Waals surface area contributed by atoms with Crippen LogP contribution >= 0.6 is 0 Å². The maximum Gasteiger partial charge on any atom is 0.272 e. The molecule has 3 saturated heterocycles. The van der Waals surface area contributed by atoms with Crippen LogP contribution in [0.25, 0.3) is 11.3 Å². The summed E-state index contributed by atoms with van der Waals surface area (Å²) in [6, 6.07) is 6.74. The van der Waals surface area contributed by atoms with Crippen LogP contribution in [0.3, 0.4) is 0 Å². The molecule has 156 valence electrons. The highest BCUT2D eigenvalue weighted by Crippen LogP contribution is 2.45. The van der Waals surface area contributed by atoms with Crippen molar-refractivity contribution < 1.29 is 4.79 Å². The molecular formula is C24H29N5O. The monoisotopic (exact) mass is 403 g/mol. The summed E-state index contributed by atoms with van der Waals surface area (Å²) in [6.07, 6.45) is 13.6. The Balaban J connectivity index is 1.28. The number of hydrogen-bond acceptors (Lipinski definition) is 4. The van der Waals surface area contributed by atoms with Crippen molar-refractivity contribution in [1.82, 2.24) is 25.0 Å². The number of nitrogens with zero attached hydrogens (tertiary/aromatic N) is 4. The molecule has 6 nitrogen and oxygen atoms in total. The van der Waals surface area contributed by atoms with E-state index in [1.807, 2.05) is 18.2 Å². The number of pyridine rings is 1. The molecule has 3 aliphatic heterocycles. The third kappa shape index (κ3) is 3.00. The minimum absolute atomic E-state index is 0.0902. The van der Waals surface area contributed by atoms with E-state index in [4.69, 9.17) is 0 Å². The molecule has 2 unspecified atom stereocenters. The van der Waals surface area contributed by atoms with Crippen LogP contribution in [-0.4, -0.2) is 62.6 Å². The molecule has 0 radical (unpaired) electrons. The van der Waals surface area contributed by atoms with Crippen LogP contribution in [0.5, 0.6) is 0 Å². The highest BCUT2D eigenvalue weighted by molar-refractivity contribution is 5.94. The van der Waals surface area contributed by atoms with E-state index in [0.717, 1.165) is 43.2 Å². The molecule has 2 bridgehead atoms. The Labute approximate surface area is 177 Å². The summed E-state index contributed by atoms with van der Waals surface area (Å²) in [6.45, 7) is 3.22. The number of fused-ring (bicyclic) bond motifs is 6. The van der Waals surface area contributed by atoms with Crippen LogP contribution < -0.4 is 0 Å². The van der Waals surface area contributed by atoms with Gasteiger partial charge in [-0.15, -0.1) is 0 Å². The van der Waals surface area contributed by atoms with Gasteiger partial charge in [-0.3, -0.25) is 19.8 Å². The van der Waals surface area contributed by atoms with Gasteiger partial charge >= 0.3 is 0 Å². The van der Waals surface area contributed by atoms with Crippen LogP contribution in [0, 0.1) is 11.8 Å². The van der Waals surface area contributed by atoms with Crippen LogP contribution in [0.1, 0.15) is 49.0 Å². The number of piperidine rings is 3. The van der Waals surface area contributed by atoms with E-state index < -0.39 is 0 Å². The zero-order valence-corrected chi connectivity index (χ0v) is 17.3. The summed E-state index contributed by atoms with van der Waals surface area (Å²) in [5.41, 5.74) is 3.81. The molecule has 5 heterocycles. The molecule has 4 atom stereocenters. The molecule has 6 rings (SSSR count). The number of aromatic amines is 1. The Kier molecular flexibility index (Phi) is 4.48. The summed E-state index contributed by atoms with van der Waals surface area (Å²) >= 11 is 0. The molecule has 4 aliphatic rings. The van der Waals surface area contributed by atoms with Crippen molar-refractivity contribution in [2.45, 2.75) is 50.6 Å². The summed E-state index contributed by atoms with van der Waals surface area (Å²) in [5.74, 6) is 1.34. The van der Waals surface area contributed by atoms with E-state index in [-0.39, 0.29) is 11.9 Å². The van der Waals surface area contributed by atoms with Crippen molar-refractivity contribution in [3.63, 3.8) is 0 Å². The molecule has 0 aromatic carbocycles. The van der Waals surface area contributed by atoms with E-state index in [1.165, 1.54) is 37.8 Å². The maximum absolute atomic E-state index is 13.5. The van der Waals surface area contributed by atoms with Gasteiger partial charge in [-0.1, -0.05) is 18.1 Å². The predicted molar refractivity (Wildman–Crippen MR) is 115 cm³/mol. The van der Waals surface area contributed by atoms with Crippen LogP contribution in [0.4, 0.5) is 0 Å². The molecule has 0 saturated carbocycles. The molecule has 1 aliphatic carbocycles. The van der Waals surface area contributed by atoms with Gasteiger partial charge in [-0.2, -0.15) is 5.10 Å². The lowest BCUT2D eigenvalue weighted by Gasteiger charge is -2.54. The number of aromatic nitrogens is 3. The van der Waals surface area contributed by atoms with E-state index in [9.17, 15) is 4.79 Å². The summed E-state index contributed by atoms with van der Waals surface area (Å²) in [7, 11) is 0. The first-order valence-corrected chi connectivity index (χ1v) is 11.5. The third-order valence-corrected chi connectivity index (χ3v) is 7.68. The number of carbonyl (C=O) groups excluding carboxylic acids is 1. The molecule has 1 amide bonds. The lowest BCUT2D eigenvalue weighted by molar-refractivity contribution is 0.00131. The molecule has 0 spiro atoms. The average Bonchev–Trinajstić information content (AvgIpc) is 3.29. The zero-order valence-electron chi connectivity index (χ0n) is 17.3. The fraction of sp³-hybridized carbons (Fsp3) is 0.542. The van der Waals surface area contributed by atoms with Gasteiger partial charge in [-0.25, -0.2) is 0 Å². The van der Waals surface area contributed by atoms with Gasteiger partial charge in [0.05, 0.1) is 11.7 Å². The highest BCUT2D eigenvalue weighted by Gasteiger charge is 2.47. The Morgan fingerprint density at radius 3 is 3.07 bits per heavy atom. The summed E-state index contributed by atoms with van der Waals surface area (Å²) < 4.78 is 0. The van der Waals surface area contributed by atoms with Crippen molar-refractivity contribution in [2.75, 3.05) is 19.6 Å². The van der Waals surface area contributed by atoms with Gasteiger partial charge in [0, 0.05) is 37.1 Å². The molecule has 6 heteroatoms. The van der Waals surface area contributed by atoms with Gasteiger partial charge in [0.2, 0.25) is 0 Å². The lowest BCUT2D eigenvalue weighted by atomic mass is 9.68. The number of amides is 1. The molecule has 30 heavy (non-hydrogen) atoms. The third-order valence-electron chi connectivity index (χ3n) is 7.68. The molecule has 2 aromatic rings. The number of hydrogen-bond donors (Lipinski definition) is 1. The second-order valence-electron chi connectivity index (χ2n) is 9.41. The first-order valence-electron chi connectivity index (χ1n) is 11.5. The van der Waals surface area contributed by atoms with E-state index in [2.05, 4.69) is 31.1 Å². The van der Waals surface area contributed by atoms with Crippen molar-refractivity contribution in [3.05, 3.63) is 47.9 Å². The maximum atomic E-state index is 13.5. The first kappa shape index (κ1) is 18.3. The van der Waals surface area contributed by atoms with Gasteiger partial charge < -0.3 is 4.90 Å². The molecular weight excluding hydrogens is 374 g/mol. The number of nitrogens with one attached hydrogen (secondary N) is 1. The highest BCUT2D eigenvalue weighted by atomic mass is 16.2. The fourth-order valence-corrected chi connectivity index (χ4v) is 6.45. The fourth-order valence-electron chi connectivity index (χ4n) is 6.45. The van der Waals surface area contributed by atoms with Crippen molar-refractivity contribution in [3.8, 4) is 11.3 Å². The zero-order chi connectivity index (χ0) is 20.1. The lowest BCUT2D eigenvalue weighted by Crippen LogP contribution is -2.60. The van der Waals surface area contributed by atoms with Crippen molar-refractivity contribution >= 4 is 5.91 Å². The molecule has 3 fully saturated rings. The number of H-pyrrole nitrogens is 1. The van der Waals surface area contributed by atoms with Crippen molar-refractivity contribution in [2.24, 2.45) is 11.8 Å². The van der Waals surface area contributed by atoms with E-state index in [1.54, 1.807) is 12.4 Å². The van der Waals surface area contributed by atoms with Crippen LogP contribution in [0.15, 0.2) is 42.2 Å². The normalized spacial score (nSPS) is 30.9. The van der Waals surface area contributed by atoms with Gasteiger partial charge in [-0.05, 0) is 68.7 Å². The number of carbonyl (C=O) groups is 1. The Bertz CT molecular complexity index is 967. The second kappa shape index (κ2) is 7.34. The minimum Gasteiger partial charge on any atom is -0.330 e. The number of likely N-dealkylation sites (tertiary alicyclic amines) is 1. The van der Waals surface area contributed by atoms with Crippen LogP contribution in [0.2, 0.25) is 0 Å². The largest absolute Gasteiger partial charge is 0.330 e. The minimum atomic E-state index is 0.0902. The number of rotatable bonds is 2. The molecule has 2 aromatic heterocycles. The quantitative estimate of drug-likeness (QED) is 0.780.